The first-order valence-electron chi connectivity index (χ1n) is 27.2. The summed E-state index contributed by atoms with van der Waals surface area (Å²) >= 11 is 0. The number of nitrogen functional groups attached to an aromatic ring is 3. The van der Waals surface area contributed by atoms with E-state index in [2.05, 4.69) is 50.5 Å². The number of rotatable bonds is 15. The van der Waals surface area contributed by atoms with E-state index in [0.717, 1.165) is 6.07 Å². The van der Waals surface area contributed by atoms with Crippen LogP contribution in [0.1, 0.15) is 46.7 Å². The molecule has 23 nitrogen and oxygen atoms in total. The van der Waals surface area contributed by atoms with Crippen LogP contribution in [-0.2, 0) is 31.6 Å². The van der Waals surface area contributed by atoms with Gasteiger partial charge in [0.05, 0.1) is 53.0 Å². The number of ether oxygens (including phenoxy) is 3. The van der Waals surface area contributed by atoms with Crippen molar-refractivity contribution in [3.05, 3.63) is 156 Å². The summed E-state index contributed by atoms with van der Waals surface area (Å²) in [6, 6.07) is 29.7. The van der Waals surface area contributed by atoms with E-state index in [1.54, 1.807) is 84.9 Å². The van der Waals surface area contributed by atoms with Crippen molar-refractivity contribution in [3.8, 4) is 84.4 Å². The number of para-hydroxylation sites is 1. The van der Waals surface area contributed by atoms with Crippen molar-refractivity contribution < 1.29 is 53.7 Å². The van der Waals surface area contributed by atoms with E-state index >= 15 is 0 Å². The molecule has 13 aromatic rings. The molecule has 0 aliphatic heterocycles. The van der Waals surface area contributed by atoms with Gasteiger partial charge in [-0.05, 0) is 97.6 Å². The van der Waals surface area contributed by atoms with Gasteiger partial charge < -0.3 is 31.4 Å². The normalized spacial score (nSPS) is 12.3. The molecular weight excluding hydrogens is 1210 g/mol. The number of nitrogens with two attached hydrogens (primary N) is 3. The van der Waals surface area contributed by atoms with Crippen molar-refractivity contribution in [2.75, 3.05) is 30.9 Å². The molecule has 0 fully saturated rings. The average molecular weight is 1250 g/mol. The molecule has 32 heteroatoms. The maximum Gasteiger partial charge on any atom is 0.453 e. The fraction of sp³-hybridized carbons (Fsp3) is 0.169. The highest BCUT2D eigenvalue weighted by molar-refractivity contribution is 5.96. The number of hydrogen-bond acceptors (Lipinski definition) is 19. The second-order valence-corrected chi connectivity index (χ2v) is 20.5. The minimum atomic E-state index is -5.06. The van der Waals surface area contributed by atoms with E-state index in [9.17, 15) is 39.5 Å². The summed E-state index contributed by atoms with van der Waals surface area (Å²) in [5.74, 6) is -1.20. The summed E-state index contributed by atoms with van der Waals surface area (Å²) < 4.78 is 149. The lowest BCUT2D eigenvalue weighted by molar-refractivity contribution is -0.145. The highest BCUT2D eigenvalue weighted by Crippen LogP contribution is 2.45. The predicted octanol–water partition coefficient (Wildman–Crippen LogP) is 11.1. The lowest BCUT2D eigenvalue weighted by atomic mass is 9.98. The molecule has 0 spiro atoms. The van der Waals surface area contributed by atoms with E-state index < -0.39 is 47.3 Å². The van der Waals surface area contributed by atoms with E-state index in [-0.39, 0.29) is 123 Å². The number of nitrogens with zero attached hydrogens (tertiary/aromatic N) is 16. The molecule has 0 saturated heterocycles. The Morgan fingerprint density at radius 1 is 0.495 bits per heavy atom. The third kappa shape index (κ3) is 11.1. The Balaban J connectivity index is 0.806. The van der Waals surface area contributed by atoms with Gasteiger partial charge in [0.2, 0.25) is 17.8 Å². The summed E-state index contributed by atoms with van der Waals surface area (Å²) in [5, 5.41) is 23.7. The number of alkyl halides is 9. The Hall–Kier alpha value is -11.6. The zero-order chi connectivity index (χ0) is 63.8. The first-order chi connectivity index (χ1) is 43.5. The largest absolute Gasteiger partial charge is 0.496 e. The van der Waals surface area contributed by atoms with Crippen molar-refractivity contribution >= 4 is 45.8 Å². The van der Waals surface area contributed by atoms with Gasteiger partial charge in [0.15, 0.2) is 28.6 Å². The zero-order valence-electron chi connectivity index (χ0n) is 47.3. The molecule has 13 rings (SSSR count). The number of H-pyrrole nitrogens is 1. The van der Waals surface area contributed by atoms with E-state index in [4.69, 9.17) is 51.5 Å². The molecular formula is C59H43F9N20O3. The highest BCUT2D eigenvalue weighted by Gasteiger charge is 2.39. The van der Waals surface area contributed by atoms with Gasteiger partial charge in [-0.25, -0.2) is 39.9 Å². The molecule has 0 aliphatic rings. The summed E-state index contributed by atoms with van der Waals surface area (Å²) in [7, 11) is 1.45. The fourth-order valence-corrected chi connectivity index (χ4v) is 10.5. The monoisotopic (exact) mass is 1250 g/mol. The zero-order valence-corrected chi connectivity index (χ0v) is 47.3. The summed E-state index contributed by atoms with van der Waals surface area (Å²) in [5.41, 5.74) is 20.5. The Kier molecular flexibility index (Phi) is 14.3. The molecule has 460 valence electrons. The van der Waals surface area contributed by atoms with Crippen molar-refractivity contribution in [1.82, 2.24) is 84.1 Å². The number of benzene rings is 4. The van der Waals surface area contributed by atoms with Crippen LogP contribution in [0.3, 0.4) is 0 Å². The van der Waals surface area contributed by atoms with Gasteiger partial charge in [-0.1, -0.05) is 53.7 Å². The number of halogens is 9. The van der Waals surface area contributed by atoms with Crippen LogP contribution in [0.15, 0.2) is 115 Å². The molecule has 0 aliphatic carbocycles. The van der Waals surface area contributed by atoms with Gasteiger partial charge in [-0.3, -0.25) is 5.10 Å². The quantitative estimate of drug-likeness (QED) is 0.0547. The molecule has 0 saturated carbocycles. The number of nitrogens with one attached hydrogen (secondary N) is 1. The molecule has 7 N–H and O–H groups in total. The molecule has 9 heterocycles. The minimum absolute atomic E-state index is 0.0253. The average Bonchev–Trinajstić information content (AvgIpc) is 1.73. The fourth-order valence-electron chi connectivity index (χ4n) is 10.5. The third-order valence-corrected chi connectivity index (χ3v) is 14.3. The van der Waals surface area contributed by atoms with Crippen LogP contribution in [0.2, 0.25) is 0 Å². The second-order valence-electron chi connectivity index (χ2n) is 20.5. The predicted molar refractivity (Wildman–Crippen MR) is 310 cm³/mol. The molecule has 0 radical (unpaired) electrons. The van der Waals surface area contributed by atoms with Gasteiger partial charge in [-0.2, -0.15) is 53.1 Å². The van der Waals surface area contributed by atoms with Crippen molar-refractivity contribution in [3.63, 3.8) is 0 Å². The van der Waals surface area contributed by atoms with Crippen molar-refractivity contribution in [2.45, 2.75) is 51.8 Å². The SMILES string of the molecule is COc1cc(OCc2nc3c(-c4cc(C)nc(C(F)(F)F)c4)c(-c4ccccc4)nc(N)n3n2)ccc1-c1nc(N)n2nc(CCCOc3ccccc3-c3nc(N)n4nc(C(F)(F)F)nc4c3-c3cc(C)nc(C(F)(F)F)c3)nc2c1-c1ccc2nn[nH]c2c1. The summed E-state index contributed by atoms with van der Waals surface area (Å²) in [4.78, 5) is 34.5. The Bertz CT molecular complexity index is 5010. The standard InChI is InChI=1S/C59H43F9N20O3/c1-27-20-31(23-40(72-27)57(60,61)62)45-47(29-10-5-4-6-11-29)76-54(69)87-51(45)75-43(83-87)26-91-33-16-17-35(39(25-33)89-3)49-44(30-15-18-36-37(22-30)81-85-80-36)50-74-42(82-86(50)55(70)78-49)14-9-19-90-38-13-8-7-12-34(38)48-46(32-21-28(2)73-41(24-32)58(63,64)65)52-79-53(59(66,67)68)84-88(52)56(71)77-48/h4-8,10-13,15-18,20-25H,9,14,19,26H2,1-3H3,(H2,69,76)(H2,70,78)(H2,71,77)(H,80,81,85). The first-order valence-corrected chi connectivity index (χ1v) is 27.2. The lowest BCUT2D eigenvalue weighted by Gasteiger charge is -2.17. The van der Waals surface area contributed by atoms with Gasteiger partial charge in [0.1, 0.15) is 40.8 Å². The Labute approximate surface area is 504 Å². The third-order valence-electron chi connectivity index (χ3n) is 14.3. The number of fused-ring (bicyclic) bond motifs is 4. The van der Waals surface area contributed by atoms with E-state index in [1.165, 1.54) is 48.2 Å². The number of pyridine rings is 2. The first kappa shape index (κ1) is 58.4. The maximum atomic E-state index is 14.2. The lowest BCUT2D eigenvalue weighted by Crippen LogP contribution is -2.10. The van der Waals surface area contributed by atoms with E-state index in [0.29, 0.717) is 55.4 Å². The minimum Gasteiger partial charge on any atom is -0.496 e. The Morgan fingerprint density at radius 3 is 1.69 bits per heavy atom. The molecule has 9 aromatic heterocycles. The van der Waals surface area contributed by atoms with Crippen LogP contribution in [0.5, 0.6) is 17.2 Å². The number of hydrogen-bond donors (Lipinski definition) is 4. The number of aromatic nitrogens is 17. The van der Waals surface area contributed by atoms with Gasteiger partial charge in [-0.15, -0.1) is 20.4 Å². The number of methoxy groups -OCH3 is 1. The molecule has 0 atom stereocenters. The van der Waals surface area contributed by atoms with Crippen LogP contribution in [0.25, 0.3) is 95.1 Å². The maximum absolute atomic E-state index is 14.2. The molecule has 0 amide bonds. The summed E-state index contributed by atoms with van der Waals surface area (Å²) in [6.07, 6.45) is -14.3. The number of aromatic amines is 1. The van der Waals surface area contributed by atoms with Crippen molar-refractivity contribution in [2.24, 2.45) is 0 Å². The summed E-state index contributed by atoms with van der Waals surface area (Å²) in [6.45, 7) is 2.48. The van der Waals surface area contributed by atoms with Crippen LogP contribution in [-0.4, -0.2) is 97.8 Å². The topological polar surface area (TPSA) is 302 Å². The van der Waals surface area contributed by atoms with E-state index in [1.807, 2.05) is 0 Å². The van der Waals surface area contributed by atoms with Crippen molar-refractivity contribution in [1.29, 1.82) is 0 Å². The van der Waals surface area contributed by atoms with Crippen LogP contribution < -0.4 is 31.4 Å². The second kappa shape index (κ2) is 22.2. The van der Waals surface area contributed by atoms with Crippen LogP contribution >= 0.6 is 0 Å². The molecule has 0 bridgehead atoms. The van der Waals surface area contributed by atoms with Crippen LogP contribution in [0.4, 0.5) is 57.4 Å². The molecule has 0 unspecified atom stereocenters. The van der Waals surface area contributed by atoms with Gasteiger partial charge in [0, 0.05) is 40.6 Å². The van der Waals surface area contributed by atoms with Crippen LogP contribution in [0, 0.1) is 13.8 Å². The Morgan fingerprint density at radius 2 is 1.05 bits per heavy atom. The smallest absolute Gasteiger partial charge is 0.453 e. The van der Waals surface area contributed by atoms with Gasteiger partial charge >= 0.3 is 18.5 Å². The number of aryl methyl sites for hydroxylation is 3. The molecule has 4 aromatic carbocycles. The molecule has 91 heavy (non-hydrogen) atoms. The number of anilines is 3. The van der Waals surface area contributed by atoms with Gasteiger partial charge in [0.25, 0.3) is 5.82 Å². The highest BCUT2D eigenvalue weighted by atomic mass is 19.4.